The van der Waals surface area contributed by atoms with Crippen LogP contribution in [0.25, 0.3) is 5.70 Å². The van der Waals surface area contributed by atoms with Gasteiger partial charge in [-0.05, 0) is 43.2 Å². The Morgan fingerprint density at radius 2 is 2.05 bits per heavy atom. The minimum Gasteiger partial charge on any atom is -0.497 e. The molecule has 5 nitrogen and oxygen atoms in total. The summed E-state index contributed by atoms with van der Waals surface area (Å²) in [5.74, 6) is 0.787. The summed E-state index contributed by atoms with van der Waals surface area (Å²) in [6.45, 7) is 1.84. The summed E-state index contributed by atoms with van der Waals surface area (Å²) in [5, 5.41) is 13.3. The molecule has 1 aliphatic rings. The molecule has 0 unspecified atom stereocenters. The van der Waals surface area contributed by atoms with Gasteiger partial charge in [0.2, 0.25) is 5.91 Å². The summed E-state index contributed by atoms with van der Waals surface area (Å²) in [4.78, 5) is 11.7. The lowest BCUT2D eigenvalue weighted by Gasteiger charge is -2.21. The lowest BCUT2D eigenvalue weighted by molar-refractivity contribution is -0.120. The predicted octanol–water partition coefficient (Wildman–Crippen LogP) is 2.42. The number of benzene rings is 1. The number of rotatable bonds is 5. The van der Waals surface area contributed by atoms with Gasteiger partial charge in [0.15, 0.2) is 0 Å². The second-order valence-electron chi connectivity index (χ2n) is 4.81. The summed E-state index contributed by atoms with van der Waals surface area (Å²) in [6.07, 6.45) is 4.15. The fraction of sp³-hybridized carbons (Fsp3) is 0.250. The zero-order valence-electron chi connectivity index (χ0n) is 12.2. The average molecular weight is 285 g/mol. The maximum Gasteiger partial charge on any atom is 0.224 e. The van der Waals surface area contributed by atoms with Crippen molar-refractivity contribution in [2.75, 3.05) is 7.11 Å². The van der Waals surface area contributed by atoms with E-state index in [-0.39, 0.29) is 5.91 Å². The fourth-order valence-electron chi connectivity index (χ4n) is 2.03. The van der Waals surface area contributed by atoms with Crippen molar-refractivity contribution in [2.45, 2.75) is 19.8 Å². The van der Waals surface area contributed by atoms with Crippen molar-refractivity contribution >= 4 is 17.8 Å². The second-order valence-corrected chi connectivity index (χ2v) is 4.81. The van der Waals surface area contributed by atoms with Crippen LogP contribution in [0.5, 0.6) is 5.75 Å². The number of ether oxygens (including phenoxy) is 1. The topological polar surface area (TPSA) is 74.2 Å². The molecule has 0 aliphatic carbocycles. The fourth-order valence-corrected chi connectivity index (χ4v) is 2.03. The van der Waals surface area contributed by atoms with Crippen molar-refractivity contribution in [1.82, 2.24) is 10.6 Å². The highest BCUT2D eigenvalue weighted by molar-refractivity contribution is 5.90. The first kappa shape index (κ1) is 14.8. The highest BCUT2D eigenvalue weighted by Gasteiger charge is 2.18. The van der Waals surface area contributed by atoms with Crippen LogP contribution in [0.3, 0.4) is 0 Å². The number of hydrogen-bond acceptors (Lipinski definition) is 4. The Balaban J connectivity index is 2.33. The van der Waals surface area contributed by atoms with Gasteiger partial charge in [0.25, 0.3) is 0 Å². The van der Waals surface area contributed by atoms with E-state index in [1.807, 2.05) is 31.2 Å². The molecule has 0 radical (unpaired) electrons. The highest BCUT2D eigenvalue weighted by Crippen LogP contribution is 2.24. The van der Waals surface area contributed by atoms with Gasteiger partial charge < -0.3 is 20.8 Å². The number of nitrogens with one attached hydrogen (secondary N) is 3. The van der Waals surface area contributed by atoms with Crippen LogP contribution in [0.4, 0.5) is 0 Å². The first-order valence-corrected chi connectivity index (χ1v) is 6.75. The van der Waals surface area contributed by atoms with E-state index in [0.29, 0.717) is 12.8 Å². The van der Waals surface area contributed by atoms with Gasteiger partial charge in [-0.25, -0.2) is 0 Å². The minimum absolute atomic E-state index is 0.0131. The maximum atomic E-state index is 11.7. The molecule has 21 heavy (non-hydrogen) atoms. The first-order valence-electron chi connectivity index (χ1n) is 6.75. The monoisotopic (exact) mass is 285 g/mol. The number of methoxy groups -OCH3 is 1. The molecule has 1 heterocycles. The molecule has 0 aromatic heterocycles. The van der Waals surface area contributed by atoms with Gasteiger partial charge in [0.1, 0.15) is 5.75 Å². The molecule has 0 saturated heterocycles. The van der Waals surface area contributed by atoms with E-state index in [4.69, 9.17) is 10.1 Å². The SMILES string of the molecule is COc1ccc(C2=C(N/C=C(/C)C=N)CCC(=O)N2)cc1. The number of carbonyl (C=O) groups excluding carboxylic acids is 1. The third-order valence-corrected chi connectivity index (χ3v) is 3.25. The van der Waals surface area contributed by atoms with Crippen LogP contribution in [0.2, 0.25) is 0 Å². The van der Waals surface area contributed by atoms with Crippen molar-refractivity contribution in [3.8, 4) is 5.75 Å². The third-order valence-electron chi connectivity index (χ3n) is 3.25. The van der Waals surface area contributed by atoms with E-state index >= 15 is 0 Å². The quantitative estimate of drug-likeness (QED) is 0.727. The Hall–Kier alpha value is -2.56. The number of amides is 1. The van der Waals surface area contributed by atoms with Crippen molar-refractivity contribution in [3.63, 3.8) is 0 Å². The molecule has 1 aliphatic heterocycles. The van der Waals surface area contributed by atoms with Crippen molar-refractivity contribution in [2.24, 2.45) is 0 Å². The molecule has 3 N–H and O–H groups in total. The van der Waals surface area contributed by atoms with E-state index < -0.39 is 0 Å². The van der Waals surface area contributed by atoms with Gasteiger partial charge in [0.05, 0.1) is 12.8 Å². The highest BCUT2D eigenvalue weighted by atomic mass is 16.5. The number of carbonyl (C=O) groups is 1. The number of allylic oxidation sites excluding steroid dienone is 2. The summed E-state index contributed by atoms with van der Waals surface area (Å²) >= 11 is 0. The second kappa shape index (κ2) is 6.74. The van der Waals surface area contributed by atoms with Crippen LogP contribution in [0.15, 0.2) is 41.7 Å². The van der Waals surface area contributed by atoms with Crippen molar-refractivity contribution in [1.29, 1.82) is 5.41 Å². The van der Waals surface area contributed by atoms with Gasteiger partial charge in [-0.1, -0.05) is 0 Å². The van der Waals surface area contributed by atoms with E-state index in [1.165, 1.54) is 6.21 Å². The van der Waals surface area contributed by atoms with E-state index in [0.717, 1.165) is 28.3 Å². The molecule has 1 amide bonds. The molecule has 1 aromatic carbocycles. The van der Waals surface area contributed by atoms with Gasteiger partial charge in [-0.15, -0.1) is 0 Å². The van der Waals surface area contributed by atoms with E-state index in [2.05, 4.69) is 10.6 Å². The Morgan fingerprint density at radius 3 is 2.67 bits per heavy atom. The van der Waals surface area contributed by atoms with Gasteiger partial charge in [-0.3, -0.25) is 4.79 Å². The molecule has 0 spiro atoms. The molecule has 0 fully saturated rings. The van der Waals surface area contributed by atoms with Gasteiger partial charge >= 0.3 is 0 Å². The Labute approximate surface area is 124 Å². The summed E-state index contributed by atoms with van der Waals surface area (Å²) in [6, 6.07) is 7.54. The van der Waals surface area contributed by atoms with Crippen LogP contribution in [0.1, 0.15) is 25.3 Å². The van der Waals surface area contributed by atoms with Gasteiger partial charge in [-0.2, -0.15) is 0 Å². The molecule has 0 bridgehead atoms. The lowest BCUT2D eigenvalue weighted by atomic mass is 10.0. The number of hydrogen-bond donors (Lipinski definition) is 3. The largest absolute Gasteiger partial charge is 0.497 e. The molecule has 2 rings (SSSR count). The zero-order chi connectivity index (χ0) is 15.2. The predicted molar refractivity (Wildman–Crippen MR) is 83.0 cm³/mol. The summed E-state index contributed by atoms with van der Waals surface area (Å²) in [5.41, 5.74) is 3.46. The summed E-state index contributed by atoms with van der Waals surface area (Å²) < 4.78 is 5.14. The Bertz CT molecular complexity index is 600. The van der Waals surface area contributed by atoms with Crippen molar-refractivity contribution in [3.05, 3.63) is 47.3 Å². The minimum atomic E-state index is 0.0131. The van der Waals surface area contributed by atoms with Crippen LogP contribution < -0.4 is 15.4 Å². The van der Waals surface area contributed by atoms with Crippen LogP contribution in [-0.4, -0.2) is 19.2 Å². The molecule has 1 aromatic rings. The van der Waals surface area contributed by atoms with E-state index in [1.54, 1.807) is 13.3 Å². The summed E-state index contributed by atoms with van der Waals surface area (Å²) in [7, 11) is 1.62. The van der Waals surface area contributed by atoms with Crippen LogP contribution in [-0.2, 0) is 4.79 Å². The van der Waals surface area contributed by atoms with E-state index in [9.17, 15) is 4.79 Å². The molecule has 5 heteroatoms. The molecule has 0 saturated carbocycles. The molecular formula is C16H19N3O2. The maximum absolute atomic E-state index is 11.7. The van der Waals surface area contributed by atoms with Crippen LogP contribution >= 0.6 is 0 Å². The van der Waals surface area contributed by atoms with Crippen LogP contribution in [0, 0.1) is 5.41 Å². The molecule has 0 atom stereocenters. The third kappa shape index (κ3) is 3.72. The molecule has 110 valence electrons. The normalized spacial score (nSPS) is 15.5. The van der Waals surface area contributed by atoms with Crippen molar-refractivity contribution < 1.29 is 9.53 Å². The Kier molecular flexibility index (Phi) is 4.77. The lowest BCUT2D eigenvalue weighted by Crippen LogP contribution is -2.30. The Morgan fingerprint density at radius 1 is 1.33 bits per heavy atom. The average Bonchev–Trinajstić information content (AvgIpc) is 2.53. The smallest absolute Gasteiger partial charge is 0.224 e. The standard InChI is InChI=1S/C16H19N3O2/c1-11(9-17)10-18-14-7-8-15(20)19-16(14)12-3-5-13(21-2)6-4-12/h3-6,9-10,17-18H,7-8H2,1-2H3,(H,19,20)/b11-10-,17-9?. The zero-order valence-corrected chi connectivity index (χ0v) is 12.2. The first-order chi connectivity index (χ1) is 10.1. The molecular weight excluding hydrogens is 266 g/mol. The van der Waals surface area contributed by atoms with Gasteiger partial charge in [0, 0.05) is 30.1 Å².